The summed E-state index contributed by atoms with van der Waals surface area (Å²) in [4.78, 5) is 16.7. The number of carbonyl (C=O) groups excluding carboxylic acids is 1. The Balaban J connectivity index is 1.67. The summed E-state index contributed by atoms with van der Waals surface area (Å²) < 4.78 is 5.61. The molecule has 1 fully saturated rings. The van der Waals surface area contributed by atoms with Crippen molar-refractivity contribution in [1.82, 2.24) is 9.80 Å². The van der Waals surface area contributed by atoms with Crippen LogP contribution in [0.3, 0.4) is 0 Å². The molecule has 2 atom stereocenters. The Morgan fingerprint density at radius 2 is 2.00 bits per heavy atom. The van der Waals surface area contributed by atoms with Gasteiger partial charge in [-0.15, -0.1) is 0 Å². The zero-order chi connectivity index (χ0) is 20.1. The van der Waals surface area contributed by atoms with Gasteiger partial charge in [0, 0.05) is 32.7 Å². The van der Waals surface area contributed by atoms with Crippen molar-refractivity contribution in [3.8, 4) is 5.75 Å². The minimum absolute atomic E-state index is 0.0968. The molecule has 0 aromatic heterocycles. The molecule has 1 saturated heterocycles. The predicted molar refractivity (Wildman–Crippen MR) is 111 cm³/mol. The number of halogens is 2. The lowest BCUT2D eigenvalue weighted by molar-refractivity contribution is -0.134. The number of amides is 1. The SMILES string of the molecule is CN(C(=O)COc1ccc(Cl)c(Cl)c1)[C@H](CN1CC[C@H](O)C1)c1ccccc1. The second kappa shape index (κ2) is 9.61. The van der Waals surface area contributed by atoms with E-state index in [0.717, 1.165) is 18.5 Å². The second-order valence-electron chi connectivity index (χ2n) is 7.00. The maximum Gasteiger partial charge on any atom is 0.260 e. The third-order valence-corrected chi connectivity index (χ3v) is 5.72. The van der Waals surface area contributed by atoms with E-state index in [1.54, 1.807) is 30.1 Å². The zero-order valence-corrected chi connectivity index (χ0v) is 17.2. The molecule has 1 aliphatic rings. The van der Waals surface area contributed by atoms with Crippen LogP contribution in [0.1, 0.15) is 18.0 Å². The Bertz CT molecular complexity index is 803. The fourth-order valence-corrected chi connectivity index (χ4v) is 3.62. The van der Waals surface area contributed by atoms with Crippen molar-refractivity contribution < 1.29 is 14.6 Å². The molecule has 0 radical (unpaired) electrons. The third kappa shape index (κ3) is 5.39. The maximum absolute atomic E-state index is 12.8. The largest absolute Gasteiger partial charge is 0.484 e. The van der Waals surface area contributed by atoms with Crippen molar-refractivity contribution >= 4 is 29.1 Å². The van der Waals surface area contributed by atoms with Gasteiger partial charge in [0.15, 0.2) is 6.61 Å². The highest BCUT2D eigenvalue weighted by Crippen LogP contribution is 2.27. The highest BCUT2D eigenvalue weighted by atomic mass is 35.5. The molecule has 3 rings (SSSR count). The average Bonchev–Trinajstić information content (AvgIpc) is 3.11. The standard InChI is InChI=1S/C21H24Cl2N2O3/c1-24(21(27)14-28-17-7-8-18(22)19(23)11-17)20(15-5-3-2-4-6-15)13-25-10-9-16(26)12-25/h2-8,11,16,20,26H,9-10,12-14H2,1H3/t16-,20+/m0/s1. The molecule has 28 heavy (non-hydrogen) atoms. The van der Waals surface area contributed by atoms with Crippen LogP contribution in [-0.2, 0) is 4.79 Å². The molecule has 2 aromatic rings. The van der Waals surface area contributed by atoms with Crippen molar-refractivity contribution in [3.05, 3.63) is 64.1 Å². The number of likely N-dealkylation sites (tertiary alicyclic amines) is 1. The molecule has 5 nitrogen and oxygen atoms in total. The molecule has 0 bridgehead atoms. The first-order valence-corrected chi connectivity index (χ1v) is 9.98. The van der Waals surface area contributed by atoms with Crippen LogP contribution in [-0.4, -0.2) is 60.2 Å². The maximum atomic E-state index is 12.8. The fourth-order valence-electron chi connectivity index (χ4n) is 3.34. The number of β-amino-alcohol motifs (C(OH)–C–C–N with tert-alkyl or cyclic N) is 1. The molecular formula is C21H24Cl2N2O3. The lowest BCUT2D eigenvalue weighted by atomic mass is 10.0. The summed E-state index contributed by atoms with van der Waals surface area (Å²) in [6.07, 6.45) is 0.468. The van der Waals surface area contributed by atoms with Gasteiger partial charge in [-0.25, -0.2) is 0 Å². The van der Waals surface area contributed by atoms with Gasteiger partial charge in [0.05, 0.1) is 22.2 Å². The van der Waals surface area contributed by atoms with Crippen molar-refractivity contribution in [1.29, 1.82) is 0 Å². The van der Waals surface area contributed by atoms with E-state index in [-0.39, 0.29) is 24.7 Å². The lowest BCUT2D eigenvalue weighted by Crippen LogP contribution is -2.40. The van der Waals surface area contributed by atoms with Gasteiger partial charge in [0.1, 0.15) is 5.75 Å². The van der Waals surface area contributed by atoms with E-state index in [0.29, 0.717) is 28.9 Å². The smallest absolute Gasteiger partial charge is 0.260 e. The summed E-state index contributed by atoms with van der Waals surface area (Å²) in [5, 5.41) is 10.6. The highest BCUT2D eigenvalue weighted by Gasteiger charge is 2.28. The quantitative estimate of drug-likeness (QED) is 0.739. The summed E-state index contributed by atoms with van der Waals surface area (Å²) in [5.74, 6) is 0.356. The number of hydrogen-bond donors (Lipinski definition) is 1. The van der Waals surface area contributed by atoms with Gasteiger partial charge in [-0.2, -0.15) is 0 Å². The molecular weight excluding hydrogens is 399 g/mol. The summed E-state index contributed by atoms with van der Waals surface area (Å²) in [5.41, 5.74) is 1.05. The van der Waals surface area contributed by atoms with Gasteiger partial charge in [-0.1, -0.05) is 53.5 Å². The number of rotatable bonds is 7. The van der Waals surface area contributed by atoms with E-state index in [4.69, 9.17) is 27.9 Å². The first-order valence-electron chi connectivity index (χ1n) is 9.23. The van der Waals surface area contributed by atoms with Crippen LogP contribution in [0.2, 0.25) is 10.0 Å². The summed E-state index contributed by atoms with van der Waals surface area (Å²) >= 11 is 11.9. The number of aliphatic hydroxyl groups excluding tert-OH is 1. The molecule has 7 heteroatoms. The Morgan fingerprint density at radius 3 is 2.64 bits per heavy atom. The van der Waals surface area contributed by atoms with Gasteiger partial charge in [-0.05, 0) is 24.1 Å². The topological polar surface area (TPSA) is 53.0 Å². The Kier molecular flexibility index (Phi) is 7.18. The zero-order valence-electron chi connectivity index (χ0n) is 15.7. The van der Waals surface area contributed by atoms with Gasteiger partial charge < -0.3 is 14.7 Å². The number of carbonyl (C=O) groups is 1. The van der Waals surface area contributed by atoms with Crippen LogP contribution >= 0.6 is 23.2 Å². The predicted octanol–water partition coefficient (Wildman–Crippen LogP) is 3.64. The second-order valence-corrected chi connectivity index (χ2v) is 7.81. The van der Waals surface area contributed by atoms with E-state index in [1.807, 2.05) is 30.3 Å². The van der Waals surface area contributed by atoms with Crippen LogP contribution in [0.4, 0.5) is 0 Å². The number of nitrogens with zero attached hydrogens (tertiary/aromatic N) is 2. The summed E-state index contributed by atoms with van der Waals surface area (Å²) in [7, 11) is 1.78. The molecule has 1 aliphatic heterocycles. The van der Waals surface area contributed by atoms with Crippen LogP contribution in [0, 0.1) is 0 Å². The first-order chi connectivity index (χ1) is 13.4. The monoisotopic (exact) mass is 422 g/mol. The molecule has 2 aromatic carbocycles. The average molecular weight is 423 g/mol. The summed E-state index contributed by atoms with van der Waals surface area (Å²) in [6.45, 7) is 2.02. The molecule has 1 N–H and O–H groups in total. The van der Waals surface area contributed by atoms with E-state index in [2.05, 4.69) is 4.90 Å². The molecule has 150 valence electrons. The van der Waals surface area contributed by atoms with E-state index in [1.165, 1.54) is 0 Å². The van der Waals surface area contributed by atoms with Crippen LogP contribution in [0.5, 0.6) is 5.75 Å². The number of ether oxygens (including phenoxy) is 1. The number of likely N-dealkylation sites (N-methyl/N-ethyl adjacent to an activating group) is 1. The van der Waals surface area contributed by atoms with E-state index in [9.17, 15) is 9.90 Å². The van der Waals surface area contributed by atoms with Gasteiger partial charge >= 0.3 is 0 Å². The molecule has 0 saturated carbocycles. The fraction of sp³-hybridized carbons (Fsp3) is 0.381. The van der Waals surface area contributed by atoms with E-state index >= 15 is 0 Å². The molecule has 1 amide bonds. The molecule has 0 spiro atoms. The number of hydrogen-bond acceptors (Lipinski definition) is 4. The Labute approximate surface area is 175 Å². The lowest BCUT2D eigenvalue weighted by Gasteiger charge is -2.32. The minimum atomic E-state index is -0.296. The summed E-state index contributed by atoms with van der Waals surface area (Å²) in [6, 6.07) is 14.7. The Morgan fingerprint density at radius 1 is 1.25 bits per heavy atom. The van der Waals surface area contributed by atoms with Crippen molar-refractivity contribution in [2.45, 2.75) is 18.6 Å². The molecule has 1 heterocycles. The van der Waals surface area contributed by atoms with Gasteiger partial charge in [-0.3, -0.25) is 9.69 Å². The third-order valence-electron chi connectivity index (χ3n) is 4.98. The van der Waals surface area contributed by atoms with Gasteiger partial charge in [0.25, 0.3) is 5.91 Å². The van der Waals surface area contributed by atoms with Gasteiger partial charge in [0.2, 0.25) is 0 Å². The van der Waals surface area contributed by atoms with E-state index < -0.39 is 0 Å². The Hall–Kier alpha value is -1.79. The van der Waals surface area contributed by atoms with Crippen molar-refractivity contribution in [2.75, 3.05) is 33.3 Å². The number of aliphatic hydroxyl groups is 1. The molecule has 0 unspecified atom stereocenters. The van der Waals surface area contributed by atoms with Crippen LogP contribution in [0.25, 0.3) is 0 Å². The highest BCUT2D eigenvalue weighted by molar-refractivity contribution is 6.42. The molecule has 0 aliphatic carbocycles. The van der Waals surface area contributed by atoms with Crippen molar-refractivity contribution in [2.24, 2.45) is 0 Å². The number of benzene rings is 2. The van der Waals surface area contributed by atoms with Crippen LogP contribution < -0.4 is 4.74 Å². The normalized spacial score (nSPS) is 18.1. The minimum Gasteiger partial charge on any atom is -0.484 e. The van der Waals surface area contributed by atoms with Crippen molar-refractivity contribution in [3.63, 3.8) is 0 Å². The van der Waals surface area contributed by atoms with Crippen LogP contribution in [0.15, 0.2) is 48.5 Å². The first kappa shape index (κ1) is 20.9.